The fraction of sp³-hybridized carbons (Fsp3) is 0.105. The smallest absolute Gasteiger partial charge is 0.266 e. The zero-order valence-corrected chi connectivity index (χ0v) is 15.2. The maximum absolute atomic E-state index is 12.3. The summed E-state index contributed by atoms with van der Waals surface area (Å²) < 4.78 is 5.99. The van der Waals surface area contributed by atoms with Crippen molar-refractivity contribution in [2.24, 2.45) is 0 Å². The number of carboxylic acids is 1. The Hall–Kier alpha value is -2.64. The lowest BCUT2D eigenvalue weighted by atomic mass is 10.2. The Morgan fingerprint density at radius 3 is 2.69 bits per heavy atom. The molecule has 1 heterocycles. The van der Waals surface area contributed by atoms with Gasteiger partial charge in [-0.2, -0.15) is 0 Å². The van der Waals surface area contributed by atoms with Gasteiger partial charge in [-0.15, -0.1) is 0 Å². The molecule has 1 fully saturated rings. The second-order valence-corrected chi connectivity index (χ2v) is 7.16. The number of nitrogens with zero attached hydrogens (tertiary/aromatic N) is 1. The zero-order chi connectivity index (χ0) is 18.5. The second-order valence-electron chi connectivity index (χ2n) is 5.49. The van der Waals surface area contributed by atoms with Crippen LogP contribution in [0.5, 0.6) is 5.75 Å². The molecule has 1 aliphatic heterocycles. The third kappa shape index (κ3) is 4.50. The number of ether oxygens (including phenoxy) is 1. The summed E-state index contributed by atoms with van der Waals surface area (Å²) in [4.78, 5) is 24.4. The number of rotatable bonds is 6. The van der Waals surface area contributed by atoms with Crippen molar-refractivity contribution in [2.75, 3.05) is 6.54 Å². The second kappa shape index (κ2) is 8.16. The minimum absolute atomic E-state index is 0.210. The van der Waals surface area contributed by atoms with Crippen molar-refractivity contribution in [3.63, 3.8) is 0 Å². The molecule has 0 aromatic heterocycles. The summed E-state index contributed by atoms with van der Waals surface area (Å²) in [6, 6.07) is 17.1. The Labute approximate surface area is 160 Å². The number of hydrogen-bond donors (Lipinski definition) is 0. The first kappa shape index (κ1) is 18.2. The predicted molar refractivity (Wildman–Crippen MR) is 102 cm³/mol. The van der Waals surface area contributed by atoms with Gasteiger partial charge in [-0.05, 0) is 29.3 Å². The maximum Gasteiger partial charge on any atom is 0.266 e. The van der Waals surface area contributed by atoms with Crippen LogP contribution >= 0.6 is 24.0 Å². The molecule has 5 nitrogen and oxygen atoms in total. The Kier molecular flexibility index (Phi) is 5.70. The summed E-state index contributed by atoms with van der Waals surface area (Å²) in [5.74, 6) is -1.11. The molecule has 0 aliphatic carbocycles. The van der Waals surface area contributed by atoms with Gasteiger partial charge in [-0.1, -0.05) is 66.4 Å². The van der Waals surface area contributed by atoms with Crippen LogP contribution in [0.2, 0.25) is 0 Å². The lowest BCUT2D eigenvalue weighted by molar-refractivity contribution is -0.305. The van der Waals surface area contributed by atoms with E-state index in [2.05, 4.69) is 0 Å². The van der Waals surface area contributed by atoms with E-state index in [1.54, 1.807) is 6.08 Å². The van der Waals surface area contributed by atoms with Crippen molar-refractivity contribution in [2.45, 2.75) is 6.61 Å². The molecule has 0 spiro atoms. The summed E-state index contributed by atoms with van der Waals surface area (Å²) in [6.07, 6.45) is 1.67. The highest BCUT2D eigenvalue weighted by Gasteiger charge is 2.31. The molecule has 1 amide bonds. The third-order valence-electron chi connectivity index (χ3n) is 3.56. The van der Waals surface area contributed by atoms with E-state index in [-0.39, 0.29) is 4.32 Å². The fourth-order valence-corrected chi connectivity index (χ4v) is 3.61. The molecule has 26 heavy (non-hydrogen) atoms. The van der Waals surface area contributed by atoms with Crippen molar-refractivity contribution >= 4 is 46.3 Å². The molecular weight excluding hydrogens is 370 g/mol. The Morgan fingerprint density at radius 1 is 1.19 bits per heavy atom. The normalized spacial score (nSPS) is 15.5. The number of aliphatic carboxylic acids is 1. The van der Waals surface area contributed by atoms with Gasteiger partial charge in [0.15, 0.2) is 0 Å². The largest absolute Gasteiger partial charge is 0.548 e. The average molecular weight is 384 g/mol. The number of thiocarbonyl (C=S) groups is 1. The van der Waals surface area contributed by atoms with Crippen LogP contribution in [0.15, 0.2) is 59.5 Å². The van der Waals surface area contributed by atoms with E-state index in [0.717, 1.165) is 27.8 Å². The highest BCUT2D eigenvalue weighted by atomic mass is 32.2. The number of carbonyl (C=O) groups excluding carboxylic acids is 2. The van der Waals surface area contributed by atoms with Crippen molar-refractivity contribution in [1.82, 2.24) is 4.90 Å². The van der Waals surface area contributed by atoms with Gasteiger partial charge in [-0.3, -0.25) is 9.69 Å². The fourth-order valence-electron chi connectivity index (χ4n) is 2.35. The molecule has 0 unspecified atom stereocenters. The van der Waals surface area contributed by atoms with Gasteiger partial charge in [0.25, 0.3) is 5.91 Å². The number of hydrogen-bond acceptors (Lipinski definition) is 6. The monoisotopic (exact) mass is 384 g/mol. The molecule has 0 bridgehead atoms. The van der Waals surface area contributed by atoms with Crippen LogP contribution in [0.4, 0.5) is 0 Å². The zero-order valence-electron chi connectivity index (χ0n) is 13.6. The first-order chi connectivity index (χ1) is 12.5. The topological polar surface area (TPSA) is 69.7 Å². The summed E-state index contributed by atoms with van der Waals surface area (Å²) in [5, 5.41) is 10.7. The molecule has 1 aliphatic rings. The molecule has 2 aromatic rings. The van der Waals surface area contributed by atoms with Gasteiger partial charge < -0.3 is 14.6 Å². The molecule has 132 valence electrons. The van der Waals surface area contributed by atoms with Crippen LogP contribution in [0, 0.1) is 0 Å². The first-order valence-corrected chi connectivity index (χ1v) is 8.97. The minimum atomic E-state index is -1.35. The number of thioether (sulfide) groups is 1. The standard InChI is InChI=1S/C19H15NO4S2/c21-17(22)11-20-18(23)16(26-19(20)25)10-14-7-4-8-15(9-14)24-12-13-5-2-1-3-6-13/h1-10H,11-12H2,(H,21,22)/p-1/b16-10+. The quantitative estimate of drug-likeness (QED) is 0.562. The van der Waals surface area contributed by atoms with Crippen LogP contribution in [-0.4, -0.2) is 27.6 Å². The van der Waals surface area contributed by atoms with E-state index >= 15 is 0 Å². The van der Waals surface area contributed by atoms with Gasteiger partial charge in [0.2, 0.25) is 0 Å². The Balaban J connectivity index is 1.72. The third-order valence-corrected chi connectivity index (χ3v) is 4.94. The van der Waals surface area contributed by atoms with E-state index in [1.807, 2.05) is 54.6 Å². The molecule has 0 atom stereocenters. The van der Waals surface area contributed by atoms with Crippen molar-refractivity contribution < 1.29 is 19.4 Å². The molecule has 0 radical (unpaired) electrons. The molecule has 2 aromatic carbocycles. The molecular formula is C19H14NO4S2-. The van der Waals surface area contributed by atoms with Crippen molar-refractivity contribution in [1.29, 1.82) is 0 Å². The van der Waals surface area contributed by atoms with E-state index in [9.17, 15) is 14.7 Å². The number of amides is 1. The van der Waals surface area contributed by atoms with Gasteiger partial charge in [0, 0.05) is 0 Å². The maximum atomic E-state index is 12.3. The van der Waals surface area contributed by atoms with E-state index in [0.29, 0.717) is 17.3 Å². The Bertz CT molecular complexity index is 880. The molecule has 7 heteroatoms. The van der Waals surface area contributed by atoms with E-state index in [1.165, 1.54) is 0 Å². The summed E-state index contributed by atoms with van der Waals surface area (Å²) >= 11 is 6.13. The highest BCUT2D eigenvalue weighted by Crippen LogP contribution is 2.32. The molecule has 0 saturated carbocycles. The van der Waals surface area contributed by atoms with Crippen LogP contribution in [-0.2, 0) is 16.2 Å². The van der Waals surface area contributed by atoms with Gasteiger partial charge >= 0.3 is 0 Å². The summed E-state index contributed by atoms with van der Waals surface area (Å²) in [5.41, 5.74) is 1.82. The molecule has 0 N–H and O–H groups in total. The predicted octanol–water partition coefficient (Wildman–Crippen LogP) is 2.22. The lowest BCUT2D eigenvalue weighted by Crippen LogP contribution is -2.40. The average Bonchev–Trinajstić information content (AvgIpc) is 2.88. The minimum Gasteiger partial charge on any atom is -0.548 e. The van der Waals surface area contributed by atoms with E-state index < -0.39 is 18.4 Å². The van der Waals surface area contributed by atoms with Gasteiger partial charge in [0.1, 0.15) is 16.7 Å². The highest BCUT2D eigenvalue weighted by molar-refractivity contribution is 8.26. The summed E-state index contributed by atoms with van der Waals surface area (Å²) in [6.45, 7) is -0.0970. The van der Waals surface area contributed by atoms with Crippen LogP contribution in [0.3, 0.4) is 0 Å². The van der Waals surface area contributed by atoms with Crippen molar-refractivity contribution in [3.8, 4) is 5.75 Å². The molecule has 3 rings (SSSR count). The van der Waals surface area contributed by atoms with Crippen molar-refractivity contribution in [3.05, 3.63) is 70.6 Å². The van der Waals surface area contributed by atoms with Gasteiger partial charge in [-0.25, -0.2) is 0 Å². The van der Waals surface area contributed by atoms with Crippen LogP contribution in [0.25, 0.3) is 6.08 Å². The van der Waals surface area contributed by atoms with Crippen LogP contribution < -0.4 is 9.84 Å². The number of benzene rings is 2. The summed E-state index contributed by atoms with van der Waals surface area (Å²) in [7, 11) is 0. The first-order valence-electron chi connectivity index (χ1n) is 7.75. The number of carbonyl (C=O) groups is 2. The number of carboxylic acid groups (broad SMARTS) is 1. The lowest BCUT2D eigenvalue weighted by Gasteiger charge is -2.14. The molecule has 1 saturated heterocycles. The van der Waals surface area contributed by atoms with E-state index in [4.69, 9.17) is 17.0 Å². The van der Waals surface area contributed by atoms with Crippen LogP contribution in [0.1, 0.15) is 11.1 Å². The van der Waals surface area contributed by atoms with Gasteiger partial charge in [0.05, 0.1) is 17.4 Å². The Morgan fingerprint density at radius 2 is 1.96 bits per heavy atom. The SMILES string of the molecule is O=C([O-])CN1C(=O)/C(=C\c2cccc(OCc3ccccc3)c2)SC1=S.